The van der Waals surface area contributed by atoms with E-state index in [0.717, 1.165) is 44.9 Å². The smallest absolute Gasteiger partial charge is 0.303 e. The summed E-state index contributed by atoms with van der Waals surface area (Å²) in [5, 5.41) is 9.09. The summed E-state index contributed by atoms with van der Waals surface area (Å²) in [4.78, 5) is 11.1. The Morgan fingerprint density at radius 3 is 2.52 bits per heavy atom. The van der Waals surface area contributed by atoms with Gasteiger partial charge < -0.3 is 9.84 Å². The van der Waals surface area contributed by atoms with Crippen LogP contribution in [0.5, 0.6) is 0 Å². The zero-order valence-corrected chi connectivity index (χ0v) is 13.2. The second-order valence-corrected chi connectivity index (χ2v) is 8.22. The molecule has 1 aliphatic carbocycles. The van der Waals surface area contributed by atoms with Gasteiger partial charge in [0.25, 0.3) is 0 Å². The molecule has 2 aliphatic rings. The van der Waals surface area contributed by atoms with Gasteiger partial charge >= 0.3 is 5.97 Å². The van der Waals surface area contributed by atoms with Crippen molar-refractivity contribution in [1.29, 1.82) is 0 Å². The number of rotatable bonds is 7. The minimum Gasteiger partial charge on any atom is -0.481 e. The molecule has 6 nitrogen and oxygen atoms in total. The SMILES string of the molecule is O=C(O)CC1(CNS(=O)(=O)CC2CCCO2)CCCCC1. The van der Waals surface area contributed by atoms with E-state index < -0.39 is 21.4 Å². The fourth-order valence-electron chi connectivity index (χ4n) is 3.38. The maximum atomic E-state index is 12.1. The van der Waals surface area contributed by atoms with Gasteiger partial charge in [0, 0.05) is 13.2 Å². The van der Waals surface area contributed by atoms with E-state index in [1.807, 2.05) is 0 Å². The molecule has 21 heavy (non-hydrogen) atoms. The van der Waals surface area contributed by atoms with Crippen molar-refractivity contribution in [2.75, 3.05) is 18.9 Å². The second kappa shape index (κ2) is 7.07. The Morgan fingerprint density at radius 2 is 1.95 bits per heavy atom. The summed E-state index contributed by atoms with van der Waals surface area (Å²) in [6.07, 6.45) is 6.11. The minimum atomic E-state index is -3.41. The average Bonchev–Trinajstić information content (AvgIpc) is 2.89. The lowest BCUT2D eigenvalue weighted by Gasteiger charge is -2.36. The first-order chi connectivity index (χ1) is 9.91. The van der Waals surface area contributed by atoms with Crippen molar-refractivity contribution in [2.45, 2.75) is 57.5 Å². The minimum absolute atomic E-state index is 0.0177. The number of aliphatic carboxylic acids is 1. The van der Waals surface area contributed by atoms with Gasteiger partial charge in [0.2, 0.25) is 10.0 Å². The number of nitrogens with one attached hydrogen (secondary N) is 1. The van der Waals surface area contributed by atoms with Crippen LogP contribution in [0, 0.1) is 5.41 Å². The molecule has 1 unspecified atom stereocenters. The Labute approximate surface area is 126 Å². The number of carboxylic acid groups (broad SMARTS) is 1. The molecule has 2 rings (SSSR count). The van der Waals surface area contributed by atoms with Gasteiger partial charge in [-0.2, -0.15) is 0 Å². The monoisotopic (exact) mass is 319 g/mol. The predicted octanol–water partition coefficient (Wildman–Crippen LogP) is 1.51. The first-order valence-electron chi connectivity index (χ1n) is 7.72. The largest absolute Gasteiger partial charge is 0.481 e. The van der Waals surface area contributed by atoms with Crippen LogP contribution in [0.2, 0.25) is 0 Å². The summed E-state index contributed by atoms with van der Waals surface area (Å²) < 4.78 is 32.2. The van der Waals surface area contributed by atoms with Crippen LogP contribution in [-0.4, -0.2) is 44.5 Å². The van der Waals surface area contributed by atoms with E-state index in [9.17, 15) is 13.2 Å². The van der Waals surface area contributed by atoms with E-state index >= 15 is 0 Å². The van der Waals surface area contributed by atoms with Gasteiger partial charge in [-0.3, -0.25) is 4.79 Å². The van der Waals surface area contributed by atoms with Crippen LogP contribution in [0.1, 0.15) is 51.4 Å². The summed E-state index contributed by atoms with van der Waals surface area (Å²) in [5.41, 5.74) is -0.423. The maximum absolute atomic E-state index is 12.1. The first kappa shape index (κ1) is 16.7. The number of ether oxygens (including phenoxy) is 1. The normalized spacial score (nSPS) is 25.8. The van der Waals surface area contributed by atoms with Crippen molar-refractivity contribution in [3.8, 4) is 0 Å². The molecule has 2 fully saturated rings. The summed E-state index contributed by atoms with van der Waals surface area (Å²) >= 11 is 0. The zero-order valence-electron chi connectivity index (χ0n) is 12.3. The molecule has 122 valence electrons. The molecule has 1 saturated heterocycles. The number of hydrogen-bond donors (Lipinski definition) is 2. The Hall–Kier alpha value is -0.660. The van der Waals surface area contributed by atoms with Crippen LogP contribution >= 0.6 is 0 Å². The molecule has 0 aromatic rings. The quantitative estimate of drug-likeness (QED) is 0.742. The third kappa shape index (κ3) is 5.23. The number of sulfonamides is 1. The summed E-state index contributed by atoms with van der Waals surface area (Å²) in [6, 6.07) is 0. The molecule has 2 N–H and O–H groups in total. The van der Waals surface area contributed by atoms with Crippen molar-refractivity contribution in [3.63, 3.8) is 0 Å². The van der Waals surface area contributed by atoms with E-state index in [4.69, 9.17) is 9.84 Å². The topological polar surface area (TPSA) is 92.7 Å². The number of carbonyl (C=O) groups is 1. The molecular formula is C14H25NO5S. The Morgan fingerprint density at radius 1 is 1.24 bits per heavy atom. The zero-order chi connectivity index (χ0) is 15.3. The van der Waals surface area contributed by atoms with Gasteiger partial charge in [0.05, 0.1) is 18.3 Å². The Balaban J connectivity index is 1.92. The molecule has 1 atom stereocenters. The highest BCUT2D eigenvalue weighted by atomic mass is 32.2. The third-order valence-electron chi connectivity index (χ3n) is 4.54. The first-order valence-corrected chi connectivity index (χ1v) is 9.37. The highest BCUT2D eigenvalue weighted by Gasteiger charge is 2.36. The average molecular weight is 319 g/mol. The molecule has 1 aliphatic heterocycles. The van der Waals surface area contributed by atoms with Gasteiger partial charge in [-0.05, 0) is 31.1 Å². The standard InChI is InChI=1S/C14H25NO5S/c16-13(17)9-14(6-2-1-3-7-14)11-15-21(18,19)10-12-5-4-8-20-12/h12,15H,1-11H2,(H,16,17). The molecular weight excluding hydrogens is 294 g/mol. The summed E-state index contributed by atoms with van der Waals surface area (Å²) in [5.74, 6) is -0.869. The second-order valence-electron chi connectivity index (χ2n) is 6.37. The van der Waals surface area contributed by atoms with E-state index in [-0.39, 0.29) is 24.8 Å². The van der Waals surface area contributed by atoms with Crippen molar-refractivity contribution >= 4 is 16.0 Å². The lowest BCUT2D eigenvalue weighted by Crippen LogP contribution is -2.42. The van der Waals surface area contributed by atoms with Crippen LogP contribution in [-0.2, 0) is 19.6 Å². The summed E-state index contributed by atoms with van der Waals surface area (Å²) in [7, 11) is -3.41. The Bertz CT molecular complexity index is 450. The summed E-state index contributed by atoms with van der Waals surface area (Å²) in [6.45, 7) is 0.859. The van der Waals surface area contributed by atoms with Gasteiger partial charge in [-0.15, -0.1) is 0 Å². The molecule has 0 amide bonds. The molecule has 0 bridgehead atoms. The molecule has 0 spiro atoms. The van der Waals surface area contributed by atoms with Crippen molar-refractivity contribution in [3.05, 3.63) is 0 Å². The van der Waals surface area contributed by atoms with Crippen molar-refractivity contribution in [2.24, 2.45) is 5.41 Å². The molecule has 7 heteroatoms. The van der Waals surface area contributed by atoms with Crippen LogP contribution in [0.4, 0.5) is 0 Å². The van der Waals surface area contributed by atoms with Gasteiger partial charge in [0.15, 0.2) is 0 Å². The highest BCUT2D eigenvalue weighted by Crippen LogP contribution is 2.39. The van der Waals surface area contributed by atoms with E-state index in [1.165, 1.54) is 0 Å². The van der Waals surface area contributed by atoms with E-state index in [0.29, 0.717) is 6.61 Å². The molecule has 0 aromatic heterocycles. The predicted molar refractivity (Wildman–Crippen MR) is 78.5 cm³/mol. The highest BCUT2D eigenvalue weighted by molar-refractivity contribution is 7.89. The van der Waals surface area contributed by atoms with Gasteiger partial charge in [0.1, 0.15) is 0 Å². The maximum Gasteiger partial charge on any atom is 0.303 e. The van der Waals surface area contributed by atoms with E-state index in [1.54, 1.807) is 0 Å². The fourth-order valence-corrected chi connectivity index (χ4v) is 4.78. The van der Waals surface area contributed by atoms with Crippen LogP contribution in [0.3, 0.4) is 0 Å². The van der Waals surface area contributed by atoms with Crippen LogP contribution in [0.25, 0.3) is 0 Å². The van der Waals surface area contributed by atoms with Gasteiger partial charge in [-0.1, -0.05) is 19.3 Å². The molecule has 1 saturated carbocycles. The van der Waals surface area contributed by atoms with Crippen molar-refractivity contribution in [1.82, 2.24) is 4.72 Å². The number of carboxylic acids is 1. The van der Waals surface area contributed by atoms with Crippen LogP contribution in [0.15, 0.2) is 0 Å². The van der Waals surface area contributed by atoms with Gasteiger partial charge in [-0.25, -0.2) is 13.1 Å². The number of hydrogen-bond acceptors (Lipinski definition) is 4. The lowest BCUT2D eigenvalue weighted by molar-refractivity contribution is -0.140. The lowest BCUT2D eigenvalue weighted by atomic mass is 9.72. The van der Waals surface area contributed by atoms with E-state index in [2.05, 4.69) is 4.72 Å². The Kier molecular flexibility index (Phi) is 5.62. The third-order valence-corrected chi connectivity index (χ3v) is 5.93. The molecule has 0 radical (unpaired) electrons. The molecule has 0 aromatic carbocycles. The fraction of sp³-hybridized carbons (Fsp3) is 0.929. The van der Waals surface area contributed by atoms with Crippen molar-refractivity contribution < 1.29 is 23.1 Å². The molecule has 1 heterocycles. The van der Waals surface area contributed by atoms with Crippen LogP contribution < -0.4 is 4.72 Å².